The molecule has 0 aliphatic rings. The van der Waals surface area contributed by atoms with Gasteiger partial charge < -0.3 is 5.73 Å². The minimum Gasteiger partial charge on any atom is -0.330 e. The number of hydrogen-bond donors (Lipinski definition) is 1. The molecule has 0 spiro atoms. The zero-order valence-corrected chi connectivity index (χ0v) is 8.79. The molecule has 11 heavy (non-hydrogen) atoms. The van der Waals surface area contributed by atoms with Crippen LogP contribution < -0.4 is 5.73 Å². The molecular formula is C9H20ClN. The van der Waals surface area contributed by atoms with Crippen molar-refractivity contribution in [1.29, 1.82) is 0 Å². The molecule has 0 radical (unpaired) electrons. The van der Waals surface area contributed by atoms with Crippen LogP contribution in [0.5, 0.6) is 0 Å². The zero-order chi connectivity index (χ0) is 8.20. The van der Waals surface area contributed by atoms with Crippen LogP contribution in [0.3, 0.4) is 0 Å². The van der Waals surface area contributed by atoms with Crippen molar-refractivity contribution in [3.63, 3.8) is 0 Å². The summed E-state index contributed by atoms with van der Waals surface area (Å²) >= 11 is 0. The monoisotopic (exact) mass is 177 g/mol. The molecule has 2 heteroatoms. The minimum atomic E-state index is 0. The van der Waals surface area contributed by atoms with Crippen molar-refractivity contribution in [2.45, 2.75) is 34.1 Å². The minimum absolute atomic E-state index is 0. The Bertz CT molecular complexity index is 124. The summed E-state index contributed by atoms with van der Waals surface area (Å²) in [6, 6.07) is 0. The zero-order valence-electron chi connectivity index (χ0n) is 7.98. The lowest BCUT2D eigenvalue weighted by molar-refractivity contribution is 0.384. The first kappa shape index (κ1) is 13.6. The molecule has 0 saturated carbocycles. The second-order valence-corrected chi connectivity index (χ2v) is 3.85. The van der Waals surface area contributed by atoms with Gasteiger partial charge in [-0.2, -0.15) is 0 Å². The quantitative estimate of drug-likeness (QED) is 0.660. The van der Waals surface area contributed by atoms with Crippen molar-refractivity contribution in [2.24, 2.45) is 11.1 Å². The number of hydrogen-bond acceptors (Lipinski definition) is 1. The summed E-state index contributed by atoms with van der Waals surface area (Å²) in [5, 5.41) is 0. The van der Waals surface area contributed by atoms with Gasteiger partial charge in [0.05, 0.1) is 0 Å². The molecule has 0 aromatic rings. The lowest BCUT2D eigenvalue weighted by atomic mass is 9.89. The Morgan fingerprint density at radius 1 is 1.36 bits per heavy atom. The fourth-order valence-electron chi connectivity index (χ4n) is 0.564. The molecule has 0 aromatic heterocycles. The normalized spacial score (nSPS) is 10.3. The second-order valence-electron chi connectivity index (χ2n) is 3.85. The van der Waals surface area contributed by atoms with E-state index in [1.807, 2.05) is 0 Å². The number of nitrogens with two attached hydrogens (primary N) is 1. The van der Waals surface area contributed by atoms with Crippen LogP contribution in [0.15, 0.2) is 11.6 Å². The average molecular weight is 178 g/mol. The van der Waals surface area contributed by atoms with Crippen LogP contribution in [0.4, 0.5) is 0 Å². The highest BCUT2D eigenvalue weighted by Crippen LogP contribution is 2.19. The summed E-state index contributed by atoms with van der Waals surface area (Å²) in [7, 11) is 0. The van der Waals surface area contributed by atoms with E-state index < -0.39 is 0 Å². The molecule has 1 nitrogen and oxygen atoms in total. The van der Waals surface area contributed by atoms with E-state index in [1.165, 1.54) is 5.57 Å². The maximum atomic E-state index is 5.56. The van der Waals surface area contributed by atoms with Crippen LogP contribution in [0.1, 0.15) is 34.1 Å². The smallest absolute Gasteiger partial charge is 0.00229 e. The van der Waals surface area contributed by atoms with E-state index >= 15 is 0 Å². The van der Waals surface area contributed by atoms with E-state index in [1.54, 1.807) is 0 Å². The van der Waals surface area contributed by atoms with Crippen molar-refractivity contribution in [3.8, 4) is 0 Å². The largest absolute Gasteiger partial charge is 0.330 e. The van der Waals surface area contributed by atoms with Gasteiger partial charge in [-0.1, -0.05) is 25.5 Å². The van der Waals surface area contributed by atoms with Gasteiger partial charge in [0.2, 0.25) is 0 Å². The average Bonchev–Trinajstić information content (AvgIpc) is 1.85. The summed E-state index contributed by atoms with van der Waals surface area (Å²) in [6.45, 7) is 9.37. The van der Waals surface area contributed by atoms with Gasteiger partial charge >= 0.3 is 0 Å². The van der Waals surface area contributed by atoms with Crippen molar-refractivity contribution in [2.75, 3.05) is 6.54 Å². The van der Waals surface area contributed by atoms with Crippen LogP contribution >= 0.6 is 12.4 Å². The number of halogens is 1. The van der Waals surface area contributed by atoms with E-state index in [-0.39, 0.29) is 17.8 Å². The molecule has 0 saturated heterocycles. The van der Waals surface area contributed by atoms with Gasteiger partial charge in [-0.05, 0) is 32.2 Å². The third-order valence-corrected chi connectivity index (χ3v) is 1.62. The van der Waals surface area contributed by atoms with Gasteiger partial charge in [0, 0.05) is 0 Å². The Morgan fingerprint density at radius 2 is 1.82 bits per heavy atom. The predicted molar refractivity (Wildman–Crippen MR) is 54.1 cm³/mol. The molecule has 0 atom stereocenters. The lowest BCUT2D eigenvalue weighted by Crippen LogP contribution is -2.22. The Hall–Kier alpha value is -0.0100. The summed E-state index contributed by atoms with van der Waals surface area (Å²) in [5.41, 5.74) is 7.21. The van der Waals surface area contributed by atoms with E-state index in [2.05, 4.69) is 33.8 Å². The van der Waals surface area contributed by atoms with Crippen molar-refractivity contribution < 1.29 is 0 Å². The first-order valence-corrected chi connectivity index (χ1v) is 3.81. The van der Waals surface area contributed by atoms with Gasteiger partial charge in [0.25, 0.3) is 0 Å². The molecule has 0 bridgehead atoms. The van der Waals surface area contributed by atoms with Gasteiger partial charge in [0.1, 0.15) is 0 Å². The highest BCUT2D eigenvalue weighted by atomic mass is 35.5. The molecule has 0 amide bonds. The van der Waals surface area contributed by atoms with Crippen molar-refractivity contribution in [3.05, 3.63) is 11.6 Å². The van der Waals surface area contributed by atoms with Crippen molar-refractivity contribution in [1.82, 2.24) is 0 Å². The van der Waals surface area contributed by atoms with E-state index in [9.17, 15) is 0 Å². The highest BCUT2D eigenvalue weighted by Gasteiger charge is 2.12. The fraction of sp³-hybridized carbons (Fsp3) is 0.778. The summed E-state index contributed by atoms with van der Waals surface area (Å²) in [6.07, 6.45) is 3.33. The SMILES string of the molecule is CC(C)=CCC(C)(C)CN.Cl. The third-order valence-electron chi connectivity index (χ3n) is 1.62. The lowest BCUT2D eigenvalue weighted by Gasteiger charge is -2.19. The summed E-state index contributed by atoms with van der Waals surface area (Å²) < 4.78 is 0. The molecule has 0 rings (SSSR count). The van der Waals surface area contributed by atoms with Crippen LogP contribution in [0, 0.1) is 5.41 Å². The fourth-order valence-corrected chi connectivity index (χ4v) is 0.564. The molecule has 2 N–H and O–H groups in total. The van der Waals surface area contributed by atoms with Gasteiger partial charge in [0.15, 0.2) is 0 Å². The van der Waals surface area contributed by atoms with Crippen molar-refractivity contribution >= 4 is 12.4 Å². The molecular weight excluding hydrogens is 158 g/mol. The van der Waals surface area contributed by atoms with Gasteiger partial charge in [-0.25, -0.2) is 0 Å². The van der Waals surface area contributed by atoms with Crippen LogP contribution in [-0.4, -0.2) is 6.54 Å². The molecule has 0 fully saturated rings. The highest BCUT2D eigenvalue weighted by molar-refractivity contribution is 5.85. The maximum Gasteiger partial charge on any atom is -0.00229 e. The number of allylic oxidation sites excluding steroid dienone is 2. The number of rotatable bonds is 3. The molecule has 0 heterocycles. The molecule has 0 aliphatic carbocycles. The molecule has 68 valence electrons. The Morgan fingerprint density at radius 3 is 2.09 bits per heavy atom. The summed E-state index contributed by atoms with van der Waals surface area (Å²) in [4.78, 5) is 0. The van der Waals surface area contributed by atoms with Crippen LogP contribution in [0.25, 0.3) is 0 Å². The maximum absolute atomic E-state index is 5.56. The van der Waals surface area contributed by atoms with Crippen LogP contribution in [-0.2, 0) is 0 Å². The van der Waals surface area contributed by atoms with Gasteiger partial charge in [-0.3, -0.25) is 0 Å². The Balaban J connectivity index is 0. The predicted octanol–water partition coefficient (Wildman–Crippen LogP) is 2.75. The van der Waals surface area contributed by atoms with E-state index in [0.29, 0.717) is 0 Å². The van der Waals surface area contributed by atoms with E-state index in [0.717, 1.165) is 13.0 Å². The topological polar surface area (TPSA) is 26.0 Å². The summed E-state index contributed by atoms with van der Waals surface area (Å²) in [5.74, 6) is 0. The second kappa shape index (κ2) is 5.62. The third kappa shape index (κ3) is 7.89. The van der Waals surface area contributed by atoms with E-state index in [4.69, 9.17) is 5.73 Å². The molecule has 0 unspecified atom stereocenters. The van der Waals surface area contributed by atoms with Crippen LogP contribution in [0.2, 0.25) is 0 Å². The van der Waals surface area contributed by atoms with Gasteiger partial charge in [-0.15, -0.1) is 12.4 Å². The standard InChI is InChI=1S/C9H19N.ClH/c1-8(2)5-6-9(3,4)7-10;/h5H,6-7,10H2,1-4H3;1H. The first-order chi connectivity index (χ1) is 4.48. The Kier molecular flexibility index (Phi) is 6.93. The molecule has 0 aromatic carbocycles. The first-order valence-electron chi connectivity index (χ1n) is 3.81. The Labute approximate surface area is 76.5 Å². The molecule has 0 aliphatic heterocycles.